The average Bonchev–Trinajstić information content (AvgIpc) is 2.87. The second kappa shape index (κ2) is 6.83. The maximum Gasteiger partial charge on any atom is 0.0794 e. The zero-order valence-corrected chi connectivity index (χ0v) is 14.6. The lowest BCUT2D eigenvalue weighted by molar-refractivity contribution is 0.405. The predicted octanol–water partition coefficient (Wildman–Crippen LogP) is 4.62. The molecule has 2 rings (SSSR count). The molecule has 1 aromatic carbocycles. The van der Waals surface area contributed by atoms with Crippen molar-refractivity contribution in [3.05, 3.63) is 50.9 Å². The molecule has 0 aliphatic carbocycles. The molecule has 2 aromatic rings. The van der Waals surface area contributed by atoms with Gasteiger partial charge in [-0.2, -0.15) is 0 Å². The molecule has 20 heavy (non-hydrogen) atoms. The third kappa shape index (κ3) is 5.00. The van der Waals surface area contributed by atoms with Crippen LogP contribution in [-0.2, 0) is 6.42 Å². The van der Waals surface area contributed by atoms with E-state index < -0.39 is 0 Å². The summed E-state index contributed by atoms with van der Waals surface area (Å²) >= 11 is 5.24. The molecule has 1 atom stereocenters. The Morgan fingerprint density at radius 1 is 1.25 bits per heavy atom. The first-order chi connectivity index (χ1) is 9.44. The molecule has 1 unspecified atom stereocenters. The third-order valence-corrected chi connectivity index (χ3v) is 4.48. The van der Waals surface area contributed by atoms with Gasteiger partial charge in [0.05, 0.1) is 5.51 Å². The van der Waals surface area contributed by atoms with Gasteiger partial charge in [-0.05, 0) is 44.9 Å². The quantitative estimate of drug-likeness (QED) is 0.848. The van der Waals surface area contributed by atoms with Crippen LogP contribution in [0.3, 0.4) is 0 Å². The second-order valence-corrected chi connectivity index (χ2v) is 7.94. The second-order valence-electron chi connectivity index (χ2n) is 6.05. The summed E-state index contributed by atoms with van der Waals surface area (Å²) in [6.45, 7) is 7.60. The van der Waals surface area contributed by atoms with E-state index in [0.29, 0.717) is 5.92 Å². The normalized spacial score (nSPS) is 13.4. The number of hydrogen-bond donors (Lipinski definition) is 1. The van der Waals surface area contributed by atoms with Crippen LogP contribution < -0.4 is 5.32 Å². The smallest absolute Gasteiger partial charge is 0.0794 e. The molecule has 108 valence electrons. The molecule has 0 spiro atoms. The summed E-state index contributed by atoms with van der Waals surface area (Å²) in [5.41, 5.74) is 3.42. The van der Waals surface area contributed by atoms with Gasteiger partial charge in [-0.3, -0.25) is 4.98 Å². The van der Waals surface area contributed by atoms with Crippen molar-refractivity contribution in [2.45, 2.75) is 38.6 Å². The zero-order chi connectivity index (χ0) is 14.6. The zero-order valence-electron chi connectivity index (χ0n) is 12.2. The van der Waals surface area contributed by atoms with Crippen LogP contribution in [0.15, 0.2) is 40.4 Å². The van der Waals surface area contributed by atoms with E-state index >= 15 is 0 Å². The van der Waals surface area contributed by atoms with Gasteiger partial charge >= 0.3 is 0 Å². The SMILES string of the molecule is CC(C)(C)NCC(Cc1cncs1)c1ccc(Br)cc1. The Kier molecular flexibility index (Phi) is 5.35. The minimum atomic E-state index is 0.140. The van der Waals surface area contributed by atoms with Crippen LogP contribution in [0, 0.1) is 0 Å². The summed E-state index contributed by atoms with van der Waals surface area (Å²) in [5.74, 6) is 0.475. The van der Waals surface area contributed by atoms with Crippen LogP contribution in [0.4, 0.5) is 0 Å². The van der Waals surface area contributed by atoms with Crippen molar-refractivity contribution in [2.75, 3.05) is 6.54 Å². The number of nitrogens with zero attached hydrogens (tertiary/aromatic N) is 1. The monoisotopic (exact) mass is 352 g/mol. The van der Waals surface area contributed by atoms with Crippen molar-refractivity contribution in [1.82, 2.24) is 10.3 Å². The van der Waals surface area contributed by atoms with Crippen LogP contribution >= 0.6 is 27.3 Å². The lowest BCUT2D eigenvalue weighted by Crippen LogP contribution is -2.39. The first-order valence-corrected chi connectivity index (χ1v) is 8.49. The molecule has 0 radical (unpaired) electrons. The molecule has 0 fully saturated rings. The summed E-state index contributed by atoms with van der Waals surface area (Å²) < 4.78 is 1.13. The first-order valence-electron chi connectivity index (χ1n) is 6.82. The lowest BCUT2D eigenvalue weighted by atomic mass is 9.94. The van der Waals surface area contributed by atoms with E-state index in [4.69, 9.17) is 0 Å². The molecule has 1 N–H and O–H groups in total. The van der Waals surface area contributed by atoms with Crippen molar-refractivity contribution in [3.63, 3.8) is 0 Å². The molecular formula is C16H21BrN2S. The Morgan fingerprint density at radius 3 is 2.50 bits per heavy atom. The van der Waals surface area contributed by atoms with E-state index in [-0.39, 0.29) is 5.54 Å². The predicted molar refractivity (Wildman–Crippen MR) is 90.5 cm³/mol. The van der Waals surface area contributed by atoms with Gasteiger partial charge in [-0.1, -0.05) is 28.1 Å². The number of aromatic nitrogens is 1. The average molecular weight is 353 g/mol. The van der Waals surface area contributed by atoms with Crippen molar-refractivity contribution >= 4 is 27.3 Å². The van der Waals surface area contributed by atoms with Crippen LogP contribution in [-0.4, -0.2) is 17.1 Å². The van der Waals surface area contributed by atoms with Gasteiger partial charge < -0.3 is 5.32 Å². The summed E-state index contributed by atoms with van der Waals surface area (Å²) in [7, 11) is 0. The fourth-order valence-electron chi connectivity index (χ4n) is 2.06. The molecule has 0 aliphatic heterocycles. The largest absolute Gasteiger partial charge is 0.311 e. The molecule has 1 aromatic heterocycles. The standard InChI is InChI=1S/C16H21BrN2S/c1-16(2,3)19-9-13(8-15-10-18-11-20-15)12-4-6-14(17)7-5-12/h4-7,10-11,13,19H,8-9H2,1-3H3. The summed E-state index contributed by atoms with van der Waals surface area (Å²) in [5, 5.41) is 3.62. The van der Waals surface area contributed by atoms with E-state index in [0.717, 1.165) is 17.4 Å². The van der Waals surface area contributed by atoms with Gasteiger partial charge in [0.15, 0.2) is 0 Å². The van der Waals surface area contributed by atoms with Crippen molar-refractivity contribution in [3.8, 4) is 0 Å². The van der Waals surface area contributed by atoms with Crippen LogP contribution in [0.2, 0.25) is 0 Å². The summed E-state index contributed by atoms with van der Waals surface area (Å²) in [6.07, 6.45) is 3.02. The van der Waals surface area contributed by atoms with Gasteiger partial charge in [0, 0.05) is 33.5 Å². The number of nitrogens with one attached hydrogen (secondary N) is 1. The van der Waals surface area contributed by atoms with E-state index in [1.54, 1.807) is 11.3 Å². The van der Waals surface area contributed by atoms with Crippen molar-refractivity contribution in [2.24, 2.45) is 0 Å². The lowest BCUT2D eigenvalue weighted by Gasteiger charge is -2.25. The molecular weight excluding hydrogens is 332 g/mol. The summed E-state index contributed by atoms with van der Waals surface area (Å²) in [4.78, 5) is 5.52. The van der Waals surface area contributed by atoms with Gasteiger partial charge in [0.25, 0.3) is 0 Å². The minimum Gasteiger partial charge on any atom is -0.311 e. The van der Waals surface area contributed by atoms with Crippen LogP contribution in [0.25, 0.3) is 0 Å². The number of thiazole rings is 1. The Balaban J connectivity index is 2.12. The van der Waals surface area contributed by atoms with E-state index in [1.165, 1.54) is 10.4 Å². The topological polar surface area (TPSA) is 24.9 Å². The van der Waals surface area contributed by atoms with Crippen LogP contribution in [0.5, 0.6) is 0 Å². The number of rotatable bonds is 5. The number of hydrogen-bond acceptors (Lipinski definition) is 3. The number of halogens is 1. The van der Waals surface area contributed by atoms with Gasteiger partial charge in [0.2, 0.25) is 0 Å². The van der Waals surface area contributed by atoms with E-state index in [9.17, 15) is 0 Å². The Bertz CT molecular complexity index is 514. The van der Waals surface area contributed by atoms with Gasteiger partial charge in [0.1, 0.15) is 0 Å². The highest BCUT2D eigenvalue weighted by atomic mass is 79.9. The molecule has 2 nitrogen and oxygen atoms in total. The molecule has 1 heterocycles. The highest BCUT2D eigenvalue weighted by molar-refractivity contribution is 9.10. The fraction of sp³-hybridized carbons (Fsp3) is 0.438. The third-order valence-electron chi connectivity index (χ3n) is 3.15. The Morgan fingerprint density at radius 2 is 1.95 bits per heavy atom. The van der Waals surface area contributed by atoms with Gasteiger partial charge in [-0.25, -0.2) is 0 Å². The Hall–Kier alpha value is -0.710. The highest BCUT2D eigenvalue weighted by Gasteiger charge is 2.17. The molecule has 0 aliphatic rings. The Labute approximate surface area is 133 Å². The number of benzene rings is 1. The minimum absolute atomic E-state index is 0.140. The van der Waals surface area contributed by atoms with E-state index in [2.05, 4.69) is 71.3 Å². The van der Waals surface area contributed by atoms with Crippen LogP contribution in [0.1, 0.15) is 37.1 Å². The summed E-state index contributed by atoms with van der Waals surface area (Å²) in [6, 6.07) is 8.65. The van der Waals surface area contributed by atoms with E-state index in [1.807, 2.05) is 11.7 Å². The van der Waals surface area contributed by atoms with Gasteiger partial charge in [-0.15, -0.1) is 11.3 Å². The van der Waals surface area contributed by atoms with Crippen molar-refractivity contribution in [1.29, 1.82) is 0 Å². The maximum atomic E-state index is 4.18. The maximum absolute atomic E-state index is 4.18. The van der Waals surface area contributed by atoms with Crippen molar-refractivity contribution < 1.29 is 0 Å². The molecule has 0 amide bonds. The molecule has 4 heteroatoms. The molecule has 0 bridgehead atoms. The first kappa shape index (κ1) is 15.7. The fourth-order valence-corrected chi connectivity index (χ4v) is 3.00. The molecule has 0 saturated carbocycles. The highest BCUT2D eigenvalue weighted by Crippen LogP contribution is 2.24. The molecule has 0 saturated heterocycles.